The molecule has 5 heteroatoms. The third kappa shape index (κ3) is 2.35. The largest absolute Gasteiger partial charge is 0.379 e. The van der Waals surface area contributed by atoms with Crippen LogP contribution in [0.1, 0.15) is 37.5 Å². The maximum absolute atomic E-state index is 6.13. The second-order valence-corrected chi connectivity index (χ2v) is 6.45. The van der Waals surface area contributed by atoms with Crippen molar-refractivity contribution in [1.82, 2.24) is 14.9 Å². The molecule has 2 aliphatic rings. The summed E-state index contributed by atoms with van der Waals surface area (Å²) >= 11 is 6.13. The first-order chi connectivity index (χ1) is 10.3. The maximum Gasteiger partial charge on any atom is 0.117 e. The zero-order valence-electron chi connectivity index (χ0n) is 12.2. The van der Waals surface area contributed by atoms with E-state index in [0.29, 0.717) is 18.0 Å². The molecule has 0 amide bonds. The van der Waals surface area contributed by atoms with Crippen LogP contribution in [0.3, 0.4) is 0 Å². The summed E-state index contributed by atoms with van der Waals surface area (Å²) in [5.74, 6) is 1.50. The van der Waals surface area contributed by atoms with E-state index in [2.05, 4.69) is 22.9 Å². The molecule has 2 fully saturated rings. The highest BCUT2D eigenvalue weighted by Crippen LogP contribution is 2.41. The van der Waals surface area contributed by atoms with Gasteiger partial charge in [-0.2, -0.15) is 0 Å². The minimum atomic E-state index is 0.330. The van der Waals surface area contributed by atoms with Crippen molar-refractivity contribution >= 4 is 22.6 Å². The Hall–Kier alpha value is -1.10. The van der Waals surface area contributed by atoms with Crippen molar-refractivity contribution in [2.75, 3.05) is 19.8 Å². The summed E-state index contributed by atoms with van der Waals surface area (Å²) < 4.78 is 8.14. The molecule has 21 heavy (non-hydrogen) atoms. The number of hydrogen-bond acceptors (Lipinski definition) is 3. The first-order valence-electron chi connectivity index (χ1n) is 7.76. The second kappa shape index (κ2) is 5.27. The summed E-state index contributed by atoms with van der Waals surface area (Å²) in [6.45, 7) is 4.62. The Morgan fingerprint density at radius 1 is 1.38 bits per heavy atom. The highest BCUT2D eigenvalue weighted by atomic mass is 35.5. The van der Waals surface area contributed by atoms with Crippen LogP contribution < -0.4 is 5.32 Å². The molecule has 1 N–H and O–H groups in total. The molecular weight excluding hydrogens is 286 g/mol. The van der Waals surface area contributed by atoms with Gasteiger partial charge in [0.2, 0.25) is 0 Å². The van der Waals surface area contributed by atoms with Gasteiger partial charge in [0.25, 0.3) is 0 Å². The van der Waals surface area contributed by atoms with E-state index < -0.39 is 0 Å². The van der Waals surface area contributed by atoms with Gasteiger partial charge in [0.05, 0.1) is 30.2 Å². The zero-order valence-corrected chi connectivity index (χ0v) is 12.9. The van der Waals surface area contributed by atoms with Crippen LogP contribution in [0, 0.1) is 0 Å². The Labute approximate surface area is 129 Å². The van der Waals surface area contributed by atoms with Gasteiger partial charge in [0.15, 0.2) is 0 Å². The Morgan fingerprint density at radius 2 is 2.24 bits per heavy atom. The van der Waals surface area contributed by atoms with Gasteiger partial charge in [-0.25, -0.2) is 4.98 Å². The van der Waals surface area contributed by atoms with Crippen LogP contribution in [0.5, 0.6) is 0 Å². The van der Waals surface area contributed by atoms with Crippen molar-refractivity contribution in [2.24, 2.45) is 0 Å². The first-order valence-corrected chi connectivity index (χ1v) is 8.14. The highest BCUT2D eigenvalue weighted by Gasteiger charge is 2.36. The van der Waals surface area contributed by atoms with Crippen LogP contribution in [0.15, 0.2) is 18.2 Å². The van der Waals surface area contributed by atoms with E-state index in [1.54, 1.807) is 0 Å². The molecule has 2 unspecified atom stereocenters. The molecule has 1 aromatic carbocycles. The summed E-state index contributed by atoms with van der Waals surface area (Å²) in [5, 5.41) is 4.28. The molecular formula is C16H20ClN3O. The van der Waals surface area contributed by atoms with Crippen molar-refractivity contribution in [3.8, 4) is 0 Å². The number of rotatable bonds is 4. The van der Waals surface area contributed by atoms with Crippen LogP contribution in [-0.4, -0.2) is 35.4 Å². The van der Waals surface area contributed by atoms with Gasteiger partial charge in [-0.15, -0.1) is 0 Å². The van der Waals surface area contributed by atoms with Gasteiger partial charge in [-0.3, -0.25) is 0 Å². The Bertz CT molecular complexity index is 665. The summed E-state index contributed by atoms with van der Waals surface area (Å²) in [4.78, 5) is 4.91. The molecule has 2 aromatic rings. The van der Waals surface area contributed by atoms with Gasteiger partial charge in [-0.05, 0) is 37.6 Å². The summed E-state index contributed by atoms with van der Waals surface area (Å²) in [6.07, 6.45) is 2.50. The molecule has 4 nitrogen and oxygen atoms in total. The van der Waals surface area contributed by atoms with Gasteiger partial charge in [0, 0.05) is 17.1 Å². The molecule has 2 atom stereocenters. The minimum absolute atomic E-state index is 0.330. The third-order valence-corrected chi connectivity index (χ3v) is 4.70. The van der Waals surface area contributed by atoms with Gasteiger partial charge < -0.3 is 14.6 Å². The topological polar surface area (TPSA) is 39.1 Å². The Balaban J connectivity index is 1.81. The smallest absolute Gasteiger partial charge is 0.117 e. The zero-order chi connectivity index (χ0) is 14.4. The van der Waals surface area contributed by atoms with Crippen LogP contribution in [0.2, 0.25) is 5.02 Å². The van der Waals surface area contributed by atoms with Gasteiger partial charge in [-0.1, -0.05) is 18.5 Å². The van der Waals surface area contributed by atoms with Crippen LogP contribution >= 0.6 is 11.6 Å². The van der Waals surface area contributed by atoms with Crippen molar-refractivity contribution in [2.45, 2.75) is 37.8 Å². The number of aromatic nitrogens is 2. The third-order valence-electron chi connectivity index (χ3n) is 4.47. The van der Waals surface area contributed by atoms with E-state index in [0.717, 1.165) is 30.3 Å². The van der Waals surface area contributed by atoms with Crippen molar-refractivity contribution in [3.05, 3.63) is 29.0 Å². The Morgan fingerprint density at radius 3 is 3.00 bits per heavy atom. The van der Waals surface area contributed by atoms with Crippen LogP contribution in [0.25, 0.3) is 11.0 Å². The van der Waals surface area contributed by atoms with Crippen LogP contribution in [-0.2, 0) is 4.74 Å². The molecule has 0 bridgehead atoms. The number of ether oxygens (including phenoxy) is 1. The number of halogens is 1. The number of likely N-dealkylation sites (N-methyl/N-ethyl adjacent to an activating group) is 1. The second-order valence-electron chi connectivity index (χ2n) is 6.01. The lowest BCUT2D eigenvalue weighted by molar-refractivity contribution is 0.187. The summed E-state index contributed by atoms with van der Waals surface area (Å²) in [7, 11) is 0. The lowest BCUT2D eigenvalue weighted by Gasteiger charge is -2.19. The molecule has 0 radical (unpaired) electrons. The Kier molecular flexibility index (Phi) is 3.40. The lowest BCUT2D eigenvalue weighted by atomic mass is 10.0. The standard InChI is InChI=1S/C16H20ClN3O/c1-2-18-14-9-21-8-12(14)16-19-13-7-10(17)3-6-15(13)20(16)11-4-5-11/h3,6-7,11-12,14,18H,2,4-5,8-9H2,1H3. The average Bonchev–Trinajstić information content (AvgIpc) is 3.08. The normalized spacial score (nSPS) is 25.8. The fraction of sp³-hybridized carbons (Fsp3) is 0.562. The minimum Gasteiger partial charge on any atom is -0.379 e. The fourth-order valence-electron chi connectivity index (χ4n) is 3.34. The number of nitrogens with zero attached hydrogens (tertiary/aromatic N) is 2. The molecule has 112 valence electrons. The van der Waals surface area contributed by atoms with Gasteiger partial charge in [0.1, 0.15) is 5.82 Å². The quantitative estimate of drug-likeness (QED) is 0.943. The fourth-order valence-corrected chi connectivity index (χ4v) is 3.51. The molecule has 1 aromatic heterocycles. The molecule has 2 heterocycles. The van der Waals surface area contributed by atoms with Gasteiger partial charge >= 0.3 is 0 Å². The predicted octanol–water partition coefficient (Wildman–Crippen LogP) is 3.12. The molecule has 0 spiro atoms. The molecule has 4 rings (SSSR count). The molecule has 1 saturated heterocycles. The van der Waals surface area contributed by atoms with Crippen molar-refractivity contribution < 1.29 is 4.74 Å². The summed E-state index contributed by atoms with van der Waals surface area (Å²) in [6, 6.07) is 7.00. The number of hydrogen-bond donors (Lipinski definition) is 1. The molecule has 1 aliphatic carbocycles. The van der Waals surface area contributed by atoms with E-state index in [1.807, 2.05) is 12.1 Å². The summed E-state index contributed by atoms with van der Waals surface area (Å²) in [5.41, 5.74) is 2.21. The van der Waals surface area contributed by atoms with E-state index in [9.17, 15) is 0 Å². The monoisotopic (exact) mass is 305 g/mol. The SMILES string of the molecule is CCNC1COCC1c1nc2cc(Cl)ccc2n1C1CC1. The number of imidazole rings is 1. The lowest BCUT2D eigenvalue weighted by Crippen LogP contribution is -2.35. The predicted molar refractivity (Wildman–Crippen MR) is 84.0 cm³/mol. The number of nitrogens with one attached hydrogen (secondary N) is 1. The van der Waals surface area contributed by atoms with Crippen molar-refractivity contribution in [3.63, 3.8) is 0 Å². The number of fused-ring (bicyclic) bond motifs is 1. The van der Waals surface area contributed by atoms with Crippen LogP contribution in [0.4, 0.5) is 0 Å². The van der Waals surface area contributed by atoms with Crippen molar-refractivity contribution in [1.29, 1.82) is 0 Å². The number of benzene rings is 1. The molecule has 1 saturated carbocycles. The van der Waals surface area contributed by atoms with E-state index in [1.165, 1.54) is 24.2 Å². The maximum atomic E-state index is 6.13. The highest BCUT2D eigenvalue weighted by molar-refractivity contribution is 6.31. The average molecular weight is 306 g/mol. The first kappa shape index (κ1) is 13.6. The van der Waals surface area contributed by atoms with E-state index in [4.69, 9.17) is 21.3 Å². The van der Waals surface area contributed by atoms with E-state index in [-0.39, 0.29) is 0 Å². The molecule has 1 aliphatic heterocycles. The van der Waals surface area contributed by atoms with E-state index >= 15 is 0 Å².